The van der Waals surface area contributed by atoms with Crippen LogP contribution in [-0.4, -0.2) is 31.6 Å². The highest BCUT2D eigenvalue weighted by Crippen LogP contribution is 2.71. The molecule has 19 heavy (non-hydrogen) atoms. The van der Waals surface area contributed by atoms with Crippen molar-refractivity contribution >= 4 is 5.97 Å². The Morgan fingerprint density at radius 1 is 1.32 bits per heavy atom. The molecule has 4 fully saturated rings. The van der Waals surface area contributed by atoms with E-state index in [1.54, 1.807) is 0 Å². The lowest BCUT2D eigenvalue weighted by atomic mass is 9.70. The lowest BCUT2D eigenvalue weighted by molar-refractivity contribution is -0.219. The van der Waals surface area contributed by atoms with Crippen LogP contribution in [-0.2, 0) is 19.0 Å². The number of rotatable bonds is 2. The van der Waals surface area contributed by atoms with E-state index >= 15 is 0 Å². The molecule has 0 aromatic rings. The second-order valence-corrected chi connectivity index (χ2v) is 6.64. The Morgan fingerprint density at radius 3 is 2.84 bits per heavy atom. The number of esters is 1. The van der Waals surface area contributed by atoms with Gasteiger partial charge in [-0.3, -0.25) is 4.79 Å². The minimum Gasteiger partial charge on any atom is -0.466 e. The zero-order valence-electron chi connectivity index (χ0n) is 11.5. The van der Waals surface area contributed by atoms with Gasteiger partial charge in [-0.2, -0.15) is 0 Å². The molecule has 1 saturated heterocycles. The molecule has 0 aromatic heterocycles. The molecule has 3 saturated carbocycles. The Kier molecular flexibility index (Phi) is 2.53. The van der Waals surface area contributed by atoms with Crippen LogP contribution in [0.25, 0.3) is 0 Å². The van der Waals surface area contributed by atoms with Crippen LogP contribution < -0.4 is 0 Å². The SMILES string of the molecule is CCOC(=O)[C@H]1C2CCC[C@]23C[C@H]1C1(C3)OCCO1. The van der Waals surface area contributed by atoms with Gasteiger partial charge in [0.1, 0.15) is 0 Å². The molecule has 2 spiro atoms. The average molecular weight is 266 g/mol. The molecule has 1 aliphatic heterocycles. The Bertz CT molecular complexity index is 398. The van der Waals surface area contributed by atoms with Crippen LogP contribution in [0.5, 0.6) is 0 Å². The predicted octanol–water partition coefficient (Wildman–Crippen LogP) is 2.12. The molecule has 4 heteroatoms. The second kappa shape index (κ2) is 3.95. The van der Waals surface area contributed by atoms with Gasteiger partial charge in [-0.15, -0.1) is 0 Å². The quantitative estimate of drug-likeness (QED) is 0.718. The number of hydrogen-bond donors (Lipinski definition) is 0. The molecule has 1 unspecified atom stereocenters. The first-order valence-electron chi connectivity index (χ1n) is 7.65. The highest BCUT2D eigenvalue weighted by molar-refractivity contribution is 5.74. The largest absolute Gasteiger partial charge is 0.466 e. The molecule has 106 valence electrons. The van der Waals surface area contributed by atoms with Crippen molar-refractivity contribution in [2.45, 2.75) is 44.8 Å². The summed E-state index contributed by atoms with van der Waals surface area (Å²) in [6.07, 6.45) is 5.75. The third-order valence-corrected chi connectivity index (χ3v) is 5.97. The Morgan fingerprint density at radius 2 is 2.11 bits per heavy atom. The van der Waals surface area contributed by atoms with Crippen molar-refractivity contribution in [2.24, 2.45) is 23.2 Å². The van der Waals surface area contributed by atoms with Crippen LogP contribution in [0, 0.1) is 23.2 Å². The minimum atomic E-state index is -0.460. The zero-order chi connectivity index (χ0) is 13.1. The van der Waals surface area contributed by atoms with Crippen molar-refractivity contribution in [1.29, 1.82) is 0 Å². The summed E-state index contributed by atoms with van der Waals surface area (Å²) in [7, 11) is 0. The van der Waals surface area contributed by atoms with Gasteiger partial charge in [0.05, 0.1) is 25.7 Å². The predicted molar refractivity (Wildman–Crippen MR) is 67.3 cm³/mol. The second-order valence-electron chi connectivity index (χ2n) is 6.64. The van der Waals surface area contributed by atoms with Crippen molar-refractivity contribution in [3.63, 3.8) is 0 Å². The van der Waals surface area contributed by atoms with Crippen molar-refractivity contribution in [2.75, 3.05) is 19.8 Å². The molecule has 4 atom stereocenters. The first-order chi connectivity index (χ1) is 9.21. The van der Waals surface area contributed by atoms with E-state index in [1.807, 2.05) is 6.92 Å². The van der Waals surface area contributed by atoms with Gasteiger partial charge in [0.25, 0.3) is 0 Å². The summed E-state index contributed by atoms with van der Waals surface area (Å²) in [6, 6.07) is 0. The molecule has 2 bridgehead atoms. The monoisotopic (exact) mass is 266 g/mol. The molecule has 1 heterocycles. The molecule has 0 radical (unpaired) electrons. The third kappa shape index (κ3) is 1.44. The lowest BCUT2D eigenvalue weighted by Crippen LogP contribution is -2.48. The van der Waals surface area contributed by atoms with Crippen LogP contribution in [0.3, 0.4) is 0 Å². The van der Waals surface area contributed by atoms with Crippen LogP contribution in [0.4, 0.5) is 0 Å². The van der Waals surface area contributed by atoms with Gasteiger partial charge in [0, 0.05) is 12.3 Å². The van der Waals surface area contributed by atoms with Crippen LogP contribution in [0.1, 0.15) is 39.0 Å². The van der Waals surface area contributed by atoms with E-state index < -0.39 is 5.79 Å². The fourth-order valence-electron chi connectivity index (χ4n) is 5.52. The first kappa shape index (κ1) is 12.2. The standard InChI is InChI=1S/C15H22O4/c1-2-17-13(16)12-10-4-3-5-14(10)8-11(12)15(9-14)18-6-7-19-15/h10-12H,2-9H2,1H3/t10?,11-,12+,14-/m1/s1. The molecular weight excluding hydrogens is 244 g/mol. The zero-order valence-corrected chi connectivity index (χ0v) is 11.5. The van der Waals surface area contributed by atoms with Crippen LogP contribution in [0.2, 0.25) is 0 Å². The Balaban J connectivity index is 1.69. The highest BCUT2D eigenvalue weighted by Gasteiger charge is 2.72. The number of hydrogen-bond acceptors (Lipinski definition) is 4. The third-order valence-electron chi connectivity index (χ3n) is 5.97. The summed E-state index contributed by atoms with van der Waals surface area (Å²) in [4.78, 5) is 12.4. The van der Waals surface area contributed by atoms with Gasteiger partial charge < -0.3 is 14.2 Å². The molecular formula is C15H22O4. The van der Waals surface area contributed by atoms with E-state index in [9.17, 15) is 4.79 Å². The fourth-order valence-corrected chi connectivity index (χ4v) is 5.52. The average Bonchev–Trinajstić information content (AvgIpc) is 3.08. The van der Waals surface area contributed by atoms with E-state index in [4.69, 9.17) is 14.2 Å². The van der Waals surface area contributed by atoms with Gasteiger partial charge in [0.2, 0.25) is 0 Å². The summed E-state index contributed by atoms with van der Waals surface area (Å²) in [5, 5.41) is 0. The summed E-state index contributed by atoms with van der Waals surface area (Å²) in [5.41, 5.74) is 0.298. The maximum atomic E-state index is 12.4. The number of carbonyl (C=O) groups excluding carboxylic acids is 1. The van der Waals surface area contributed by atoms with E-state index in [0.29, 0.717) is 31.2 Å². The van der Waals surface area contributed by atoms with Gasteiger partial charge in [-0.1, -0.05) is 6.42 Å². The first-order valence-corrected chi connectivity index (χ1v) is 7.65. The van der Waals surface area contributed by atoms with Crippen LogP contribution in [0.15, 0.2) is 0 Å². The van der Waals surface area contributed by atoms with Gasteiger partial charge >= 0.3 is 5.97 Å². The highest BCUT2D eigenvalue weighted by atomic mass is 16.7. The van der Waals surface area contributed by atoms with E-state index in [2.05, 4.69) is 0 Å². The minimum absolute atomic E-state index is 0.00861. The summed E-state index contributed by atoms with van der Waals surface area (Å²) < 4.78 is 17.3. The molecule has 4 aliphatic rings. The molecule has 0 amide bonds. The normalized spacial score (nSPS) is 45.8. The van der Waals surface area contributed by atoms with Gasteiger partial charge in [-0.05, 0) is 37.5 Å². The maximum absolute atomic E-state index is 12.4. The van der Waals surface area contributed by atoms with Crippen molar-refractivity contribution < 1.29 is 19.0 Å². The number of carbonyl (C=O) groups is 1. The van der Waals surface area contributed by atoms with E-state index in [1.165, 1.54) is 19.3 Å². The smallest absolute Gasteiger partial charge is 0.309 e. The summed E-state index contributed by atoms with van der Waals surface area (Å²) in [6.45, 7) is 3.70. The van der Waals surface area contributed by atoms with Crippen molar-refractivity contribution in [1.82, 2.24) is 0 Å². The molecule has 0 N–H and O–H groups in total. The lowest BCUT2D eigenvalue weighted by Gasteiger charge is -2.41. The van der Waals surface area contributed by atoms with E-state index in [-0.39, 0.29) is 17.8 Å². The van der Waals surface area contributed by atoms with Gasteiger partial charge in [-0.25, -0.2) is 0 Å². The summed E-state index contributed by atoms with van der Waals surface area (Å²) >= 11 is 0. The topological polar surface area (TPSA) is 44.8 Å². The number of fused-ring (bicyclic) bond motifs is 2. The maximum Gasteiger partial charge on any atom is 0.309 e. The van der Waals surface area contributed by atoms with Gasteiger partial charge in [0.15, 0.2) is 5.79 Å². The fraction of sp³-hybridized carbons (Fsp3) is 0.933. The molecule has 3 aliphatic carbocycles. The van der Waals surface area contributed by atoms with Crippen molar-refractivity contribution in [3.05, 3.63) is 0 Å². The van der Waals surface area contributed by atoms with Crippen LogP contribution >= 0.6 is 0 Å². The Labute approximate surface area is 113 Å². The number of ether oxygens (including phenoxy) is 3. The molecule has 4 nitrogen and oxygen atoms in total. The Hall–Kier alpha value is -0.610. The molecule has 4 rings (SSSR count). The molecule has 0 aromatic carbocycles. The van der Waals surface area contributed by atoms with Crippen molar-refractivity contribution in [3.8, 4) is 0 Å². The van der Waals surface area contributed by atoms with E-state index in [0.717, 1.165) is 12.8 Å². The summed E-state index contributed by atoms with van der Waals surface area (Å²) in [5.74, 6) is 0.265.